The number of hydrogen-bond donors (Lipinski definition) is 1. The van der Waals surface area contributed by atoms with Crippen molar-refractivity contribution < 1.29 is 27.1 Å². The van der Waals surface area contributed by atoms with Gasteiger partial charge in [-0.2, -0.15) is 13.2 Å². The van der Waals surface area contributed by atoms with E-state index in [9.17, 15) is 18.0 Å². The molecule has 0 atom stereocenters. The molecular weight excluding hydrogens is 389 g/mol. The Morgan fingerprint density at radius 3 is 2.63 bits per heavy atom. The summed E-state index contributed by atoms with van der Waals surface area (Å²) in [5.74, 6) is -1.27. The molecule has 1 aliphatic heterocycles. The van der Waals surface area contributed by atoms with Gasteiger partial charge in [-0.15, -0.1) is 10.2 Å². The van der Waals surface area contributed by atoms with Crippen LogP contribution < -0.4 is 10.1 Å². The average Bonchev–Trinajstić information content (AvgIpc) is 3.12. The highest BCUT2D eigenvalue weighted by molar-refractivity contribution is 6.31. The lowest BCUT2D eigenvalue weighted by molar-refractivity contribution is -0.157. The molecule has 1 aromatic heterocycles. The van der Waals surface area contributed by atoms with Crippen molar-refractivity contribution in [3.8, 4) is 5.75 Å². The molecule has 1 fully saturated rings. The second kappa shape index (κ2) is 7.63. The van der Waals surface area contributed by atoms with Gasteiger partial charge < -0.3 is 19.4 Å². The number of alkyl halides is 3. The molecule has 146 valence electrons. The summed E-state index contributed by atoms with van der Waals surface area (Å²) in [4.78, 5) is 14.0. The number of benzene rings is 1. The monoisotopic (exact) mass is 404 g/mol. The molecule has 2 heterocycles. The Labute approximate surface area is 157 Å². The van der Waals surface area contributed by atoms with Crippen LogP contribution in [0.2, 0.25) is 5.02 Å². The van der Waals surface area contributed by atoms with E-state index in [2.05, 4.69) is 15.5 Å². The van der Waals surface area contributed by atoms with Crippen molar-refractivity contribution in [2.45, 2.75) is 24.9 Å². The van der Waals surface area contributed by atoms with E-state index in [1.807, 2.05) is 0 Å². The number of likely N-dealkylation sites (tertiary alicyclic amines) is 1. The van der Waals surface area contributed by atoms with Crippen LogP contribution in [-0.4, -0.2) is 41.3 Å². The molecule has 3 rings (SSSR count). The lowest BCUT2D eigenvalue weighted by Crippen LogP contribution is -2.40. The van der Waals surface area contributed by atoms with Crippen LogP contribution in [0, 0.1) is 0 Å². The minimum absolute atomic E-state index is 0.0566. The predicted octanol–water partition coefficient (Wildman–Crippen LogP) is 4.16. The fraction of sp³-hybridized carbons (Fsp3) is 0.438. The van der Waals surface area contributed by atoms with E-state index in [0.717, 1.165) is 0 Å². The summed E-state index contributed by atoms with van der Waals surface area (Å²) >= 11 is 5.94. The summed E-state index contributed by atoms with van der Waals surface area (Å²) in [5, 5.41) is 9.70. The Kier molecular flexibility index (Phi) is 5.45. The number of halogens is 4. The fourth-order valence-corrected chi connectivity index (χ4v) is 2.99. The number of carbonyl (C=O) groups excluding carboxylic acids is 1. The molecule has 0 aliphatic carbocycles. The zero-order valence-electron chi connectivity index (χ0n) is 14.2. The maximum absolute atomic E-state index is 12.6. The molecule has 7 nitrogen and oxygen atoms in total. The zero-order valence-corrected chi connectivity index (χ0v) is 15.0. The van der Waals surface area contributed by atoms with Gasteiger partial charge in [-0.25, -0.2) is 4.79 Å². The van der Waals surface area contributed by atoms with Crippen LogP contribution in [0.3, 0.4) is 0 Å². The molecule has 0 spiro atoms. The van der Waals surface area contributed by atoms with Gasteiger partial charge in [0.05, 0.1) is 12.8 Å². The first-order valence-electron chi connectivity index (χ1n) is 8.08. The number of nitrogens with zero attached hydrogens (tertiary/aromatic N) is 3. The highest BCUT2D eigenvalue weighted by Crippen LogP contribution is 2.33. The first-order chi connectivity index (χ1) is 12.8. The molecule has 1 saturated heterocycles. The standard InChI is InChI=1S/C16H16ClF3N4O3/c1-26-12-3-2-10(17)8-11(12)21-15(25)24-6-4-9(5-7-24)13-22-23-14(27-13)16(18,19)20/h2-3,8-9H,4-7H2,1H3,(H,21,25). The van der Waals surface area contributed by atoms with Gasteiger partial charge in [0.25, 0.3) is 0 Å². The molecule has 2 amide bonds. The number of urea groups is 1. The Balaban J connectivity index is 1.60. The Morgan fingerprint density at radius 1 is 1.33 bits per heavy atom. The van der Waals surface area contributed by atoms with Crippen LogP contribution in [0.4, 0.5) is 23.7 Å². The van der Waals surface area contributed by atoms with Crippen LogP contribution >= 0.6 is 11.6 Å². The SMILES string of the molecule is COc1ccc(Cl)cc1NC(=O)N1CCC(c2nnc(C(F)(F)F)o2)CC1. The van der Waals surface area contributed by atoms with E-state index >= 15 is 0 Å². The van der Waals surface area contributed by atoms with Gasteiger partial charge in [0.1, 0.15) is 5.75 Å². The van der Waals surface area contributed by atoms with Gasteiger partial charge in [0.15, 0.2) is 0 Å². The van der Waals surface area contributed by atoms with E-state index in [4.69, 9.17) is 20.8 Å². The van der Waals surface area contributed by atoms with Crippen LogP contribution in [-0.2, 0) is 6.18 Å². The summed E-state index contributed by atoms with van der Waals surface area (Å²) in [6.07, 6.45) is -3.83. The molecule has 1 aromatic carbocycles. The molecule has 0 unspecified atom stereocenters. The quantitative estimate of drug-likeness (QED) is 0.830. The second-order valence-electron chi connectivity index (χ2n) is 5.98. The first kappa shape index (κ1) is 19.3. The molecule has 0 radical (unpaired) electrons. The normalized spacial score (nSPS) is 15.7. The van der Waals surface area contributed by atoms with E-state index in [0.29, 0.717) is 42.4 Å². The second-order valence-corrected chi connectivity index (χ2v) is 6.42. The maximum atomic E-state index is 12.6. The lowest BCUT2D eigenvalue weighted by atomic mass is 9.97. The zero-order chi connectivity index (χ0) is 19.6. The molecule has 2 aromatic rings. The third-order valence-electron chi connectivity index (χ3n) is 4.22. The van der Waals surface area contributed by atoms with Crippen LogP contribution in [0.5, 0.6) is 5.75 Å². The summed E-state index contributed by atoms with van der Waals surface area (Å²) in [6.45, 7) is 0.673. The minimum Gasteiger partial charge on any atom is -0.495 e. The van der Waals surface area contributed by atoms with Gasteiger partial charge in [-0.3, -0.25) is 0 Å². The number of methoxy groups -OCH3 is 1. The van der Waals surface area contributed by atoms with E-state index in [1.54, 1.807) is 23.1 Å². The maximum Gasteiger partial charge on any atom is 0.470 e. The van der Waals surface area contributed by atoms with Crippen molar-refractivity contribution in [2.24, 2.45) is 0 Å². The first-order valence-corrected chi connectivity index (χ1v) is 8.46. The number of nitrogens with one attached hydrogen (secondary N) is 1. The minimum atomic E-state index is -4.66. The van der Waals surface area contributed by atoms with Gasteiger partial charge in [-0.1, -0.05) is 11.6 Å². The van der Waals surface area contributed by atoms with Gasteiger partial charge in [-0.05, 0) is 31.0 Å². The topological polar surface area (TPSA) is 80.5 Å². The van der Waals surface area contributed by atoms with Crippen molar-refractivity contribution in [2.75, 3.05) is 25.5 Å². The van der Waals surface area contributed by atoms with Crippen molar-refractivity contribution in [3.63, 3.8) is 0 Å². The van der Waals surface area contributed by atoms with Gasteiger partial charge in [0, 0.05) is 24.0 Å². The molecule has 27 heavy (non-hydrogen) atoms. The Bertz CT molecular complexity index is 819. The van der Waals surface area contributed by atoms with Crippen molar-refractivity contribution >= 4 is 23.3 Å². The highest BCUT2D eigenvalue weighted by Gasteiger charge is 2.39. The van der Waals surface area contributed by atoms with E-state index in [1.165, 1.54) is 7.11 Å². The fourth-order valence-electron chi connectivity index (χ4n) is 2.82. The third kappa shape index (κ3) is 4.44. The van der Waals surface area contributed by atoms with E-state index in [-0.39, 0.29) is 17.8 Å². The van der Waals surface area contributed by atoms with Crippen LogP contribution in [0.1, 0.15) is 30.5 Å². The highest BCUT2D eigenvalue weighted by atomic mass is 35.5. The van der Waals surface area contributed by atoms with Crippen molar-refractivity contribution in [1.82, 2.24) is 15.1 Å². The van der Waals surface area contributed by atoms with Crippen molar-refractivity contribution in [1.29, 1.82) is 0 Å². The molecule has 1 N–H and O–H groups in total. The van der Waals surface area contributed by atoms with Crippen LogP contribution in [0.25, 0.3) is 0 Å². The molecule has 0 bridgehead atoms. The van der Waals surface area contributed by atoms with Crippen molar-refractivity contribution in [3.05, 3.63) is 35.0 Å². The number of ether oxygens (including phenoxy) is 1. The van der Waals surface area contributed by atoms with Gasteiger partial charge >= 0.3 is 18.1 Å². The summed E-state index contributed by atoms with van der Waals surface area (Å²) < 4.78 is 47.6. The summed E-state index contributed by atoms with van der Waals surface area (Å²) in [7, 11) is 1.48. The lowest BCUT2D eigenvalue weighted by Gasteiger charge is -2.30. The number of carbonyl (C=O) groups is 1. The summed E-state index contributed by atoms with van der Waals surface area (Å²) in [6, 6.07) is 4.50. The number of rotatable bonds is 3. The number of hydrogen-bond acceptors (Lipinski definition) is 5. The smallest absolute Gasteiger partial charge is 0.470 e. The number of piperidine rings is 1. The van der Waals surface area contributed by atoms with E-state index < -0.39 is 12.1 Å². The Morgan fingerprint density at radius 2 is 2.04 bits per heavy atom. The molecular formula is C16H16ClF3N4O3. The number of aromatic nitrogens is 2. The largest absolute Gasteiger partial charge is 0.495 e. The van der Waals surface area contributed by atoms with Crippen LogP contribution in [0.15, 0.2) is 22.6 Å². The predicted molar refractivity (Wildman–Crippen MR) is 89.9 cm³/mol. The summed E-state index contributed by atoms with van der Waals surface area (Å²) in [5.41, 5.74) is 0.434. The number of amides is 2. The molecule has 0 saturated carbocycles. The number of anilines is 1. The Hall–Kier alpha value is -2.49. The average molecular weight is 405 g/mol. The third-order valence-corrected chi connectivity index (χ3v) is 4.45. The molecule has 1 aliphatic rings. The van der Waals surface area contributed by atoms with Gasteiger partial charge in [0.2, 0.25) is 5.89 Å². The molecule has 11 heteroatoms.